The van der Waals surface area contributed by atoms with E-state index >= 15 is 0 Å². The summed E-state index contributed by atoms with van der Waals surface area (Å²) in [6.45, 7) is 9.71. The maximum absolute atomic E-state index is 13.1. The number of phosphoric acid groups is 2. The van der Waals surface area contributed by atoms with Gasteiger partial charge in [0.1, 0.15) is 19.3 Å². The maximum Gasteiger partial charge on any atom is 0.472 e. The van der Waals surface area contributed by atoms with Gasteiger partial charge in [-0.3, -0.25) is 37.3 Å². The van der Waals surface area contributed by atoms with Crippen molar-refractivity contribution < 1.29 is 80.2 Å². The SMILES string of the molecule is CCCCCCCCCCCCCCCCCCCCCCC(=O)O[C@H](COC(=O)CCCCCCCCCCCCCCCCC(C)CC)COP(=O)(O)OC[C@@H](O)COP(=O)(O)OC[C@@H](COC(=O)CCCCCCCCCCCCCCC)OC(=O)CCCCCCCCCCCCC(C)C. The lowest BCUT2D eigenvalue weighted by atomic mass is 9.99. The minimum Gasteiger partial charge on any atom is -0.462 e. The fraction of sp³-hybridized carbons (Fsp3) is 0.953. The summed E-state index contributed by atoms with van der Waals surface area (Å²) in [5.74, 6) is -0.500. The highest BCUT2D eigenvalue weighted by atomic mass is 31.2. The standard InChI is InChI=1S/C85H166O17P2/c1-7-10-12-14-16-18-20-22-23-24-25-26-27-28-34-38-45-51-57-63-69-84(89)101-80(73-96-83(88)68-62-56-50-44-37-33-30-29-32-35-42-48-54-60-66-78(6)9-3)75-99-103(91,92)97-71-79(86)72-98-104(93,94)100-76-81(102-85(90)70-64-58-52-46-40-39-41-47-53-59-65-77(4)5)74-95-82(87)67-61-55-49-43-36-31-21-19-17-15-13-11-8-2/h77-81,86H,7-76H2,1-6H3,(H,91,92)(H,93,94)/t78?,79-,80-,81-/m1/s1. The summed E-state index contributed by atoms with van der Waals surface area (Å²) in [6, 6.07) is 0. The third kappa shape index (κ3) is 76.8. The Morgan fingerprint density at radius 1 is 0.279 bits per heavy atom. The molecule has 0 saturated carbocycles. The number of esters is 4. The molecule has 0 amide bonds. The number of phosphoric ester groups is 2. The van der Waals surface area contributed by atoms with Crippen LogP contribution in [-0.4, -0.2) is 96.7 Å². The van der Waals surface area contributed by atoms with E-state index in [1.165, 1.54) is 270 Å². The second-order valence-corrected chi connectivity index (χ2v) is 34.2. The largest absolute Gasteiger partial charge is 0.472 e. The highest BCUT2D eigenvalue weighted by Gasteiger charge is 2.30. The average Bonchev–Trinajstić information content (AvgIpc) is 0.906. The summed E-state index contributed by atoms with van der Waals surface area (Å²) >= 11 is 0. The van der Waals surface area contributed by atoms with Crippen LogP contribution in [0.5, 0.6) is 0 Å². The fourth-order valence-electron chi connectivity index (χ4n) is 13.2. The Kier molecular flexibility index (Phi) is 75.0. The smallest absolute Gasteiger partial charge is 0.462 e. The van der Waals surface area contributed by atoms with Crippen molar-refractivity contribution in [2.45, 2.75) is 471 Å². The van der Waals surface area contributed by atoms with Gasteiger partial charge in [-0.1, -0.05) is 401 Å². The Hall–Kier alpha value is -1.94. The minimum absolute atomic E-state index is 0.107. The number of aliphatic hydroxyl groups is 1. The molecule has 0 spiro atoms. The first-order valence-electron chi connectivity index (χ1n) is 44.0. The second kappa shape index (κ2) is 76.4. The molecule has 17 nitrogen and oxygen atoms in total. The van der Waals surface area contributed by atoms with E-state index < -0.39 is 97.5 Å². The van der Waals surface area contributed by atoms with Gasteiger partial charge < -0.3 is 33.8 Å². The Balaban J connectivity index is 5.25. The molecule has 104 heavy (non-hydrogen) atoms. The summed E-state index contributed by atoms with van der Waals surface area (Å²) < 4.78 is 68.9. The molecule has 0 aromatic heterocycles. The van der Waals surface area contributed by atoms with Crippen LogP contribution >= 0.6 is 15.6 Å². The van der Waals surface area contributed by atoms with Crippen LogP contribution in [0.4, 0.5) is 0 Å². The van der Waals surface area contributed by atoms with Crippen molar-refractivity contribution >= 4 is 39.5 Å². The van der Waals surface area contributed by atoms with Crippen LogP contribution in [0.1, 0.15) is 452 Å². The molecule has 0 aromatic carbocycles. The quantitative estimate of drug-likeness (QED) is 0.0222. The van der Waals surface area contributed by atoms with E-state index in [4.69, 9.17) is 37.0 Å². The maximum atomic E-state index is 13.1. The predicted molar refractivity (Wildman–Crippen MR) is 428 cm³/mol. The summed E-state index contributed by atoms with van der Waals surface area (Å²) in [4.78, 5) is 73.2. The van der Waals surface area contributed by atoms with Gasteiger partial charge in [-0.05, 0) is 37.5 Å². The Morgan fingerprint density at radius 2 is 0.490 bits per heavy atom. The molecule has 0 aliphatic heterocycles. The molecule has 6 atom stereocenters. The van der Waals surface area contributed by atoms with Gasteiger partial charge in [0.2, 0.25) is 0 Å². The molecule has 0 saturated heterocycles. The Morgan fingerprint density at radius 3 is 0.731 bits per heavy atom. The van der Waals surface area contributed by atoms with Crippen LogP contribution in [0.2, 0.25) is 0 Å². The molecule has 0 rings (SSSR count). The molecule has 0 heterocycles. The molecule has 0 bridgehead atoms. The lowest BCUT2D eigenvalue weighted by Gasteiger charge is -2.21. The monoisotopic (exact) mass is 1520 g/mol. The molecule has 0 aromatic rings. The van der Waals surface area contributed by atoms with E-state index in [0.717, 1.165) is 102 Å². The number of carbonyl (C=O) groups excluding carboxylic acids is 4. The molecule has 0 aliphatic carbocycles. The normalized spacial score (nSPS) is 14.1. The lowest BCUT2D eigenvalue weighted by Crippen LogP contribution is -2.30. The average molecular weight is 1520 g/mol. The van der Waals surface area contributed by atoms with Crippen molar-refractivity contribution in [3.05, 3.63) is 0 Å². The van der Waals surface area contributed by atoms with E-state index in [-0.39, 0.29) is 25.7 Å². The summed E-state index contributed by atoms with van der Waals surface area (Å²) in [5.41, 5.74) is 0. The summed E-state index contributed by atoms with van der Waals surface area (Å²) in [5, 5.41) is 10.7. The van der Waals surface area contributed by atoms with Gasteiger partial charge in [-0.2, -0.15) is 0 Å². The number of ether oxygens (including phenoxy) is 4. The van der Waals surface area contributed by atoms with E-state index in [1.54, 1.807) is 0 Å². The van der Waals surface area contributed by atoms with Crippen LogP contribution in [-0.2, 0) is 65.4 Å². The van der Waals surface area contributed by atoms with E-state index in [9.17, 15) is 43.2 Å². The van der Waals surface area contributed by atoms with Gasteiger partial charge in [0, 0.05) is 25.7 Å². The van der Waals surface area contributed by atoms with Gasteiger partial charge in [-0.25, -0.2) is 9.13 Å². The van der Waals surface area contributed by atoms with Crippen molar-refractivity contribution in [3.8, 4) is 0 Å². The highest BCUT2D eigenvalue weighted by Crippen LogP contribution is 2.45. The molecule has 3 unspecified atom stereocenters. The molecule has 0 radical (unpaired) electrons. The molecule has 19 heteroatoms. The summed E-state index contributed by atoms with van der Waals surface area (Å²) in [7, 11) is -9.93. The fourth-order valence-corrected chi connectivity index (χ4v) is 14.8. The van der Waals surface area contributed by atoms with Crippen LogP contribution in [0.3, 0.4) is 0 Å². The number of carbonyl (C=O) groups is 4. The first kappa shape index (κ1) is 102. The van der Waals surface area contributed by atoms with Crippen LogP contribution in [0.15, 0.2) is 0 Å². The zero-order valence-corrected chi connectivity index (χ0v) is 70.1. The molecule has 618 valence electrons. The topological polar surface area (TPSA) is 237 Å². The Bertz CT molecular complexity index is 2000. The lowest BCUT2D eigenvalue weighted by molar-refractivity contribution is -0.161. The first-order valence-corrected chi connectivity index (χ1v) is 47.0. The van der Waals surface area contributed by atoms with Gasteiger partial charge in [0.05, 0.1) is 26.4 Å². The third-order valence-electron chi connectivity index (χ3n) is 20.3. The van der Waals surface area contributed by atoms with E-state index in [1.807, 2.05) is 0 Å². The first-order chi connectivity index (χ1) is 50.4. The number of rotatable bonds is 84. The van der Waals surface area contributed by atoms with Crippen LogP contribution < -0.4 is 0 Å². The van der Waals surface area contributed by atoms with E-state index in [2.05, 4.69) is 41.5 Å². The predicted octanol–water partition coefficient (Wildman–Crippen LogP) is 25.8. The highest BCUT2D eigenvalue weighted by molar-refractivity contribution is 7.47. The molecular formula is C85H166O17P2. The van der Waals surface area contributed by atoms with Gasteiger partial charge in [-0.15, -0.1) is 0 Å². The molecule has 0 fully saturated rings. The van der Waals surface area contributed by atoms with Gasteiger partial charge in [0.25, 0.3) is 0 Å². The van der Waals surface area contributed by atoms with Gasteiger partial charge in [0.15, 0.2) is 12.2 Å². The van der Waals surface area contributed by atoms with Gasteiger partial charge >= 0.3 is 39.5 Å². The third-order valence-corrected chi connectivity index (χ3v) is 22.2. The number of hydrogen-bond acceptors (Lipinski definition) is 15. The second-order valence-electron chi connectivity index (χ2n) is 31.3. The zero-order chi connectivity index (χ0) is 76.4. The molecule has 3 N–H and O–H groups in total. The molecular weight excluding hydrogens is 1350 g/mol. The van der Waals surface area contributed by atoms with Crippen molar-refractivity contribution in [2.24, 2.45) is 11.8 Å². The Labute approximate surface area is 638 Å². The summed E-state index contributed by atoms with van der Waals surface area (Å²) in [6.07, 6.45) is 67.9. The number of unbranched alkanes of at least 4 members (excludes halogenated alkanes) is 53. The van der Waals surface area contributed by atoms with Crippen LogP contribution in [0.25, 0.3) is 0 Å². The van der Waals surface area contributed by atoms with Crippen LogP contribution in [0, 0.1) is 11.8 Å². The van der Waals surface area contributed by atoms with Crippen molar-refractivity contribution in [3.63, 3.8) is 0 Å². The molecule has 0 aliphatic rings. The number of hydrogen-bond donors (Lipinski definition) is 3. The van der Waals surface area contributed by atoms with E-state index in [0.29, 0.717) is 25.7 Å². The zero-order valence-electron chi connectivity index (χ0n) is 68.3. The number of aliphatic hydroxyl groups excluding tert-OH is 1. The van der Waals surface area contributed by atoms with Crippen molar-refractivity contribution in [2.75, 3.05) is 39.6 Å². The minimum atomic E-state index is -4.97. The van der Waals surface area contributed by atoms with Crippen molar-refractivity contribution in [1.29, 1.82) is 0 Å². The van der Waals surface area contributed by atoms with Crippen molar-refractivity contribution in [1.82, 2.24) is 0 Å².